The van der Waals surface area contributed by atoms with Crippen LogP contribution in [0.4, 0.5) is 0 Å². The number of aromatic nitrogens is 2. The third-order valence-corrected chi connectivity index (χ3v) is 6.36. The minimum Gasteiger partial charge on any atom is -0.454 e. The number of thiazole rings is 1. The number of para-hydroxylation sites is 1. The quantitative estimate of drug-likeness (QED) is 0.358. The van der Waals surface area contributed by atoms with Crippen LogP contribution in [0.5, 0.6) is 0 Å². The summed E-state index contributed by atoms with van der Waals surface area (Å²) in [5.41, 5.74) is 2.89. The fourth-order valence-corrected chi connectivity index (χ4v) is 4.77. The zero-order chi connectivity index (χ0) is 19.7. The summed E-state index contributed by atoms with van der Waals surface area (Å²) >= 11 is 3.10. The van der Waals surface area contributed by atoms with Gasteiger partial charge < -0.3 is 9.72 Å². The Bertz CT molecular complexity index is 1140. The van der Waals surface area contributed by atoms with Gasteiger partial charge in [-0.2, -0.15) is 0 Å². The van der Waals surface area contributed by atoms with Gasteiger partial charge in [-0.15, -0.1) is 22.7 Å². The highest BCUT2D eigenvalue weighted by Gasteiger charge is 2.24. The van der Waals surface area contributed by atoms with Gasteiger partial charge in [0.25, 0.3) is 0 Å². The normalized spacial score (nSPS) is 12.2. The molecule has 0 fully saturated rings. The first-order valence-electron chi connectivity index (χ1n) is 8.82. The van der Waals surface area contributed by atoms with Crippen molar-refractivity contribution in [3.05, 3.63) is 64.1 Å². The summed E-state index contributed by atoms with van der Waals surface area (Å²) in [6.07, 6.45) is -0.812. The average molecular weight is 411 g/mol. The second-order valence-corrected chi connectivity index (χ2v) is 8.27. The Balaban J connectivity index is 1.44. The van der Waals surface area contributed by atoms with Crippen LogP contribution in [0.1, 0.15) is 28.7 Å². The van der Waals surface area contributed by atoms with Crippen LogP contribution in [0.15, 0.2) is 47.2 Å². The number of Topliss-reactive ketones (excluding diaryl/α,β-unsaturated/α-hetero) is 1. The molecule has 5 nitrogen and oxygen atoms in total. The summed E-state index contributed by atoms with van der Waals surface area (Å²) in [6, 6.07) is 11.6. The molecular formula is C21H18N2O3S2. The van der Waals surface area contributed by atoms with E-state index in [1.54, 1.807) is 18.3 Å². The maximum absolute atomic E-state index is 12.9. The molecule has 0 spiro atoms. The molecule has 1 atom stereocenters. The topological polar surface area (TPSA) is 72.1 Å². The van der Waals surface area contributed by atoms with Crippen molar-refractivity contribution in [2.24, 2.45) is 0 Å². The zero-order valence-electron chi connectivity index (χ0n) is 15.4. The molecule has 0 saturated carbocycles. The first kappa shape index (κ1) is 18.6. The smallest absolute Gasteiger partial charge is 0.312 e. The predicted molar refractivity (Wildman–Crippen MR) is 112 cm³/mol. The number of nitrogens with zero attached hydrogens (tertiary/aromatic N) is 1. The molecular weight excluding hydrogens is 392 g/mol. The van der Waals surface area contributed by atoms with E-state index in [1.807, 2.05) is 54.1 Å². The summed E-state index contributed by atoms with van der Waals surface area (Å²) in [7, 11) is 0. The van der Waals surface area contributed by atoms with Crippen LogP contribution in [-0.2, 0) is 16.0 Å². The molecule has 0 aliphatic carbocycles. The van der Waals surface area contributed by atoms with Crippen LogP contribution in [-0.4, -0.2) is 27.8 Å². The number of benzene rings is 1. The highest BCUT2D eigenvalue weighted by atomic mass is 32.1. The molecule has 0 radical (unpaired) electrons. The zero-order valence-corrected chi connectivity index (χ0v) is 17.0. The number of rotatable bonds is 6. The first-order valence-corrected chi connectivity index (χ1v) is 10.6. The number of hydrogen-bond acceptors (Lipinski definition) is 6. The molecule has 0 bridgehead atoms. The van der Waals surface area contributed by atoms with Crippen LogP contribution < -0.4 is 0 Å². The second-order valence-electron chi connectivity index (χ2n) is 6.46. The molecule has 4 aromatic rings. The molecule has 1 aromatic carbocycles. The third kappa shape index (κ3) is 3.63. The fraction of sp³-hybridized carbons (Fsp3) is 0.190. The number of H-pyrrole nitrogens is 1. The van der Waals surface area contributed by atoms with E-state index in [1.165, 1.54) is 11.3 Å². The maximum Gasteiger partial charge on any atom is 0.312 e. The molecule has 7 heteroatoms. The first-order chi connectivity index (χ1) is 13.5. The summed E-state index contributed by atoms with van der Waals surface area (Å²) < 4.78 is 5.41. The molecule has 0 amide bonds. The van der Waals surface area contributed by atoms with Crippen LogP contribution in [0.25, 0.3) is 20.8 Å². The lowest BCUT2D eigenvalue weighted by molar-refractivity contribution is -0.145. The van der Waals surface area contributed by atoms with Crippen molar-refractivity contribution in [1.29, 1.82) is 0 Å². The Morgan fingerprint density at radius 2 is 2.00 bits per heavy atom. The van der Waals surface area contributed by atoms with E-state index >= 15 is 0 Å². The van der Waals surface area contributed by atoms with Crippen molar-refractivity contribution in [2.75, 3.05) is 0 Å². The van der Waals surface area contributed by atoms with Crippen LogP contribution in [0, 0.1) is 6.92 Å². The Hall–Kier alpha value is -2.77. The van der Waals surface area contributed by atoms with E-state index in [0.717, 1.165) is 26.5 Å². The van der Waals surface area contributed by atoms with E-state index in [2.05, 4.69) is 9.97 Å². The van der Waals surface area contributed by atoms with Crippen molar-refractivity contribution >= 4 is 45.3 Å². The Morgan fingerprint density at radius 1 is 1.18 bits per heavy atom. The van der Waals surface area contributed by atoms with Crippen LogP contribution in [0.2, 0.25) is 0 Å². The number of aromatic amines is 1. The Labute approximate surface area is 170 Å². The van der Waals surface area contributed by atoms with Crippen molar-refractivity contribution < 1.29 is 14.3 Å². The number of thiophene rings is 1. The minimum atomic E-state index is -0.860. The molecule has 142 valence electrons. The lowest BCUT2D eigenvalue weighted by atomic mass is 10.0. The second kappa shape index (κ2) is 7.69. The molecule has 28 heavy (non-hydrogen) atoms. The number of aryl methyl sites for hydroxylation is 1. The van der Waals surface area contributed by atoms with E-state index in [0.29, 0.717) is 11.3 Å². The molecule has 0 unspecified atom stereocenters. The van der Waals surface area contributed by atoms with Crippen LogP contribution in [0.3, 0.4) is 0 Å². The van der Waals surface area contributed by atoms with E-state index < -0.39 is 12.1 Å². The van der Waals surface area contributed by atoms with Crippen molar-refractivity contribution in [3.8, 4) is 9.88 Å². The number of carbonyl (C=O) groups is 2. The molecule has 1 N–H and O–H groups in total. The molecule has 3 aromatic heterocycles. The number of nitrogens with one attached hydrogen (secondary N) is 1. The summed E-state index contributed by atoms with van der Waals surface area (Å²) in [4.78, 5) is 34.0. The summed E-state index contributed by atoms with van der Waals surface area (Å²) in [6.45, 7) is 3.46. The van der Waals surface area contributed by atoms with Crippen LogP contribution >= 0.6 is 22.7 Å². The number of ketones is 1. The molecule has 0 aliphatic rings. The molecule has 4 rings (SSSR count). The predicted octanol–water partition coefficient (Wildman–Crippen LogP) is 5.02. The van der Waals surface area contributed by atoms with E-state index in [-0.39, 0.29) is 12.2 Å². The van der Waals surface area contributed by atoms with E-state index in [4.69, 9.17) is 4.74 Å². The minimum absolute atomic E-state index is 0.0480. The standard InChI is InChI=1S/C21H18N2O3S2/c1-12-19(15-6-3-4-7-16(15)22-12)20(25)13(2)26-18(24)10-14-11-28-21(23-14)17-8-5-9-27-17/h3-9,11,13,22H,10H2,1-2H3/t13-/m1/s1. The molecule has 0 saturated heterocycles. The van der Waals surface area contributed by atoms with Crippen molar-refractivity contribution in [3.63, 3.8) is 0 Å². The lowest BCUT2D eigenvalue weighted by Gasteiger charge is -2.12. The van der Waals surface area contributed by atoms with Gasteiger partial charge in [0.2, 0.25) is 5.78 Å². The number of ether oxygens (including phenoxy) is 1. The van der Waals surface area contributed by atoms with Gasteiger partial charge in [0.05, 0.1) is 17.0 Å². The molecule has 0 aliphatic heterocycles. The Kier molecular flexibility index (Phi) is 5.11. The third-order valence-electron chi connectivity index (χ3n) is 4.43. The maximum atomic E-state index is 12.9. The van der Waals surface area contributed by atoms with Crippen molar-refractivity contribution in [1.82, 2.24) is 9.97 Å². The summed E-state index contributed by atoms with van der Waals surface area (Å²) in [5.74, 6) is -0.665. The van der Waals surface area contributed by atoms with Gasteiger partial charge in [-0.3, -0.25) is 9.59 Å². The van der Waals surface area contributed by atoms with Gasteiger partial charge in [-0.05, 0) is 31.4 Å². The summed E-state index contributed by atoms with van der Waals surface area (Å²) in [5, 5.41) is 5.57. The molecule has 3 heterocycles. The monoisotopic (exact) mass is 410 g/mol. The SMILES string of the molecule is Cc1[nH]c2ccccc2c1C(=O)[C@@H](C)OC(=O)Cc1csc(-c2cccs2)n1. The van der Waals surface area contributed by atoms with Gasteiger partial charge in [0.15, 0.2) is 6.10 Å². The van der Waals surface area contributed by atoms with Gasteiger partial charge in [-0.1, -0.05) is 24.3 Å². The highest BCUT2D eigenvalue weighted by molar-refractivity contribution is 7.20. The van der Waals surface area contributed by atoms with E-state index in [9.17, 15) is 9.59 Å². The highest BCUT2D eigenvalue weighted by Crippen LogP contribution is 2.28. The number of esters is 1. The Morgan fingerprint density at radius 3 is 2.79 bits per heavy atom. The number of hydrogen-bond donors (Lipinski definition) is 1. The lowest BCUT2D eigenvalue weighted by Crippen LogP contribution is -2.25. The van der Waals surface area contributed by atoms with Gasteiger partial charge in [0.1, 0.15) is 5.01 Å². The van der Waals surface area contributed by atoms with Crippen molar-refractivity contribution in [2.45, 2.75) is 26.4 Å². The number of fused-ring (bicyclic) bond motifs is 1. The van der Waals surface area contributed by atoms with Gasteiger partial charge in [-0.25, -0.2) is 4.98 Å². The van der Waals surface area contributed by atoms with Gasteiger partial charge in [0, 0.05) is 27.5 Å². The number of carbonyl (C=O) groups excluding carboxylic acids is 2. The average Bonchev–Trinajstić information content (AvgIpc) is 3.39. The largest absolute Gasteiger partial charge is 0.454 e. The fourth-order valence-electron chi connectivity index (χ4n) is 3.14. The van der Waals surface area contributed by atoms with Gasteiger partial charge >= 0.3 is 5.97 Å².